The number of hydrogen-bond acceptors (Lipinski definition) is 3. The number of aryl methyl sites for hydroxylation is 3. The van der Waals surface area contributed by atoms with Gasteiger partial charge in [-0.25, -0.2) is 8.42 Å². The van der Waals surface area contributed by atoms with Crippen LogP contribution < -0.4 is 9.62 Å². The summed E-state index contributed by atoms with van der Waals surface area (Å²) >= 11 is 0. The maximum absolute atomic E-state index is 12.5. The third-order valence-corrected chi connectivity index (χ3v) is 6.36. The van der Waals surface area contributed by atoms with Crippen molar-refractivity contribution >= 4 is 21.6 Å². The van der Waals surface area contributed by atoms with Gasteiger partial charge in [-0.3, -0.25) is 9.10 Å². The molecule has 1 N–H and O–H groups in total. The van der Waals surface area contributed by atoms with Crippen LogP contribution in [-0.2, 0) is 14.8 Å². The highest BCUT2D eigenvalue weighted by Crippen LogP contribution is 2.21. The Bertz CT molecular complexity index is 937. The minimum atomic E-state index is -3.41. The molecule has 0 spiro atoms. The van der Waals surface area contributed by atoms with Gasteiger partial charge in [0.2, 0.25) is 15.9 Å². The molecule has 5 nitrogen and oxygen atoms in total. The molecule has 1 atom stereocenters. The van der Waals surface area contributed by atoms with Crippen LogP contribution in [-0.4, -0.2) is 27.1 Å². The summed E-state index contributed by atoms with van der Waals surface area (Å²) in [5.41, 5.74) is 5.23. The van der Waals surface area contributed by atoms with Crippen molar-refractivity contribution in [1.82, 2.24) is 5.32 Å². The Balaban J connectivity index is 1.97. The van der Waals surface area contributed by atoms with E-state index in [2.05, 4.69) is 37.4 Å². The first-order valence-electron chi connectivity index (χ1n) is 10.0. The smallest absolute Gasteiger partial charge is 0.232 e. The molecule has 0 saturated carbocycles. The number of benzene rings is 2. The van der Waals surface area contributed by atoms with E-state index in [0.717, 1.165) is 17.5 Å². The fraction of sp³-hybridized carbons (Fsp3) is 0.435. The quantitative estimate of drug-likeness (QED) is 0.658. The van der Waals surface area contributed by atoms with Crippen LogP contribution in [0, 0.1) is 20.8 Å². The third-order valence-electron chi connectivity index (χ3n) is 5.16. The summed E-state index contributed by atoms with van der Waals surface area (Å²) in [5.74, 6) is -0.0626. The van der Waals surface area contributed by atoms with Crippen LogP contribution in [0.1, 0.15) is 54.5 Å². The van der Waals surface area contributed by atoms with Crippen LogP contribution >= 0.6 is 0 Å². The van der Waals surface area contributed by atoms with E-state index < -0.39 is 10.0 Å². The Morgan fingerprint density at radius 2 is 1.69 bits per heavy atom. The minimum Gasteiger partial charge on any atom is -0.349 e. The number of carbonyl (C=O) groups excluding carboxylic acids is 1. The first-order valence-corrected chi connectivity index (χ1v) is 11.9. The lowest BCUT2D eigenvalue weighted by atomic mass is 9.99. The first kappa shape index (κ1) is 22.9. The van der Waals surface area contributed by atoms with Crippen molar-refractivity contribution in [3.8, 4) is 0 Å². The second kappa shape index (κ2) is 9.92. The van der Waals surface area contributed by atoms with Crippen molar-refractivity contribution in [2.45, 2.75) is 53.0 Å². The summed E-state index contributed by atoms with van der Waals surface area (Å²) in [6, 6.07) is 13.6. The molecule has 1 amide bonds. The van der Waals surface area contributed by atoms with Crippen molar-refractivity contribution in [1.29, 1.82) is 0 Å². The highest BCUT2D eigenvalue weighted by Gasteiger charge is 2.18. The molecule has 0 unspecified atom stereocenters. The number of hydrogen-bond donors (Lipinski definition) is 1. The Morgan fingerprint density at radius 3 is 2.24 bits per heavy atom. The van der Waals surface area contributed by atoms with E-state index in [4.69, 9.17) is 0 Å². The van der Waals surface area contributed by atoms with Gasteiger partial charge in [0.05, 0.1) is 18.0 Å². The van der Waals surface area contributed by atoms with Crippen LogP contribution in [0.15, 0.2) is 42.5 Å². The maximum Gasteiger partial charge on any atom is 0.232 e. The van der Waals surface area contributed by atoms with Crippen LogP contribution in [0.3, 0.4) is 0 Å². The summed E-state index contributed by atoms with van der Waals surface area (Å²) in [4.78, 5) is 12.5. The molecular formula is C23H32N2O3S. The predicted molar refractivity (Wildman–Crippen MR) is 120 cm³/mol. The maximum atomic E-state index is 12.5. The number of rotatable bonds is 9. The lowest BCUT2D eigenvalue weighted by Crippen LogP contribution is -2.33. The summed E-state index contributed by atoms with van der Waals surface area (Å²) in [7, 11) is -3.41. The molecule has 0 aliphatic carbocycles. The highest BCUT2D eigenvalue weighted by atomic mass is 32.2. The zero-order valence-electron chi connectivity index (χ0n) is 18.0. The molecular weight excluding hydrogens is 384 g/mol. The van der Waals surface area contributed by atoms with Crippen molar-refractivity contribution < 1.29 is 13.2 Å². The molecule has 0 aliphatic heterocycles. The Hall–Kier alpha value is -2.34. The molecule has 0 bridgehead atoms. The Labute approximate surface area is 175 Å². The molecule has 0 radical (unpaired) electrons. The number of sulfonamides is 1. The lowest BCUT2D eigenvalue weighted by Gasteiger charge is -2.23. The van der Waals surface area contributed by atoms with E-state index in [-0.39, 0.29) is 24.9 Å². The summed E-state index contributed by atoms with van der Waals surface area (Å²) in [6.07, 6.45) is 2.72. The summed E-state index contributed by atoms with van der Waals surface area (Å²) < 4.78 is 25.7. The van der Waals surface area contributed by atoms with Gasteiger partial charge in [0.25, 0.3) is 0 Å². The largest absolute Gasteiger partial charge is 0.349 e. The fourth-order valence-electron chi connectivity index (χ4n) is 3.25. The molecule has 6 heteroatoms. The van der Waals surface area contributed by atoms with Crippen molar-refractivity contribution in [3.05, 3.63) is 64.7 Å². The molecule has 2 aromatic rings. The second-order valence-corrected chi connectivity index (χ2v) is 9.55. The van der Waals surface area contributed by atoms with E-state index in [1.54, 1.807) is 12.1 Å². The number of amides is 1. The topological polar surface area (TPSA) is 66.5 Å². The molecule has 29 heavy (non-hydrogen) atoms. The van der Waals surface area contributed by atoms with Crippen molar-refractivity contribution in [3.63, 3.8) is 0 Å². The first-order chi connectivity index (χ1) is 13.6. The molecule has 2 rings (SSSR count). The van der Waals surface area contributed by atoms with Gasteiger partial charge in [0.1, 0.15) is 0 Å². The van der Waals surface area contributed by atoms with E-state index in [9.17, 15) is 13.2 Å². The molecule has 0 aliphatic rings. The highest BCUT2D eigenvalue weighted by molar-refractivity contribution is 7.92. The van der Waals surface area contributed by atoms with Crippen molar-refractivity contribution in [2.75, 3.05) is 17.1 Å². The van der Waals surface area contributed by atoms with Crippen molar-refractivity contribution in [2.24, 2.45) is 0 Å². The molecule has 2 aromatic carbocycles. The Kier molecular flexibility index (Phi) is 7.85. The molecule has 0 heterocycles. The van der Waals surface area contributed by atoms with Gasteiger partial charge in [0.15, 0.2) is 0 Å². The minimum absolute atomic E-state index is 0.0371. The van der Waals surface area contributed by atoms with Gasteiger partial charge in [-0.2, -0.15) is 0 Å². The van der Waals surface area contributed by atoms with Crippen LogP contribution in [0.2, 0.25) is 0 Å². The van der Waals surface area contributed by atoms with E-state index in [0.29, 0.717) is 12.1 Å². The van der Waals surface area contributed by atoms with Gasteiger partial charge < -0.3 is 5.32 Å². The zero-order valence-corrected chi connectivity index (χ0v) is 18.8. The second-order valence-electron chi connectivity index (χ2n) is 7.65. The van der Waals surface area contributed by atoms with E-state index in [1.807, 2.05) is 26.0 Å². The van der Waals surface area contributed by atoms with Crippen LogP contribution in [0.5, 0.6) is 0 Å². The van der Waals surface area contributed by atoms with Gasteiger partial charge in [-0.05, 0) is 62.4 Å². The summed E-state index contributed by atoms with van der Waals surface area (Å²) in [6.45, 7) is 8.41. The molecule has 0 aromatic heterocycles. The number of nitrogens with zero attached hydrogens (tertiary/aromatic N) is 1. The van der Waals surface area contributed by atoms with Gasteiger partial charge in [0, 0.05) is 13.0 Å². The van der Waals surface area contributed by atoms with Crippen LogP contribution in [0.25, 0.3) is 0 Å². The van der Waals surface area contributed by atoms with Gasteiger partial charge >= 0.3 is 0 Å². The normalized spacial score (nSPS) is 12.4. The Morgan fingerprint density at radius 1 is 1.03 bits per heavy atom. The van der Waals surface area contributed by atoms with E-state index in [1.165, 1.54) is 21.7 Å². The monoisotopic (exact) mass is 416 g/mol. The van der Waals surface area contributed by atoms with Crippen LogP contribution in [0.4, 0.5) is 5.69 Å². The predicted octanol–water partition coefficient (Wildman–Crippen LogP) is 4.43. The molecule has 0 saturated heterocycles. The lowest BCUT2D eigenvalue weighted by molar-refractivity contribution is -0.121. The zero-order chi connectivity index (χ0) is 21.6. The van der Waals surface area contributed by atoms with E-state index >= 15 is 0 Å². The third kappa shape index (κ3) is 6.60. The van der Waals surface area contributed by atoms with Gasteiger partial charge in [-0.15, -0.1) is 0 Å². The average molecular weight is 417 g/mol. The standard InChI is InChI=1S/C23H32N2O3S/c1-6-22(20-12-11-18(3)19(4)16-20)24-23(26)8-7-15-25(29(5,27)28)21-13-9-17(2)10-14-21/h9-14,16,22H,6-8,15H2,1-5H3,(H,24,26)/t22-/m1/s1. The average Bonchev–Trinajstić information content (AvgIpc) is 2.65. The number of nitrogens with one attached hydrogen (secondary N) is 1. The van der Waals surface area contributed by atoms with Gasteiger partial charge in [-0.1, -0.05) is 42.8 Å². The molecule has 0 fully saturated rings. The summed E-state index contributed by atoms with van der Waals surface area (Å²) in [5, 5.41) is 3.08. The SMILES string of the molecule is CC[C@@H](NC(=O)CCCN(c1ccc(C)cc1)S(C)(=O)=O)c1ccc(C)c(C)c1. The fourth-order valence-corrected chi connectivity index (χ4v) is 4.22. The number of anilines is 1. The molecule has 158 valence electrons. The number of carbonyl (C=O) groups is 1.